The van der Waals surface area contributed by atoms with Crippen molar-refractivity contribution in [3.63, 3.8) is 0 Å². The molecule has 0 unspecified atom stereocenters. The standard InChI is InChI=1S/C20H25ClN4OS/c1-2-22-20(25-14-15-27-16-8-4-3-5-9-16)24-13-12-23-19(26)17-10-6-7-11-18(17)21/h3-11H,2,12-15H2,1H3,(H,23,26)(H2,22,24,25). The quantitative estimate of drug-likeness (QED) is 0.259. The van der Waals surface area contributed by atoms with Gasteiger partial charge in [0.2, 0.25) is 0 Å². The first-order chi connectivity index (χ1) is 13.2. The number of benzene rings is 2. The molecule has 0 fully saturated rings. The molecule has 27 heavy (non-hydrogen) atoms. The third kappa shape index (κ3) is 7.93. The fourth-order valence-corrected chi connectivity index (χ4v) is 3.29. The number of halogens is 1. The maximum absolute atomic E-state index is 12.1. The molecule has 0 saturated heterocycles. The van der Waals surface area contributed by atoms with Crippen LogP contribution in [0.4, 0.5) is 0 Å². The number of thioether (sulfide) groups is 1. The van der Waals surface area contributed by atoms with E-state index in [0.29, 0.717) is 23.7 Å². The molecule has 3 N–H and O–H groups in total. The summed E-state index contributed by atoms with van der Waals surface area (Å²) >= 11 is 7.83. The Bertz CT molecular complexity index is 740. The summed E-state index contributed by atoms with van der Waals surface area (Å²) in [6.07, 6.45) is 0. The van der Waals surface area contributed by atoms with Gasteiger partial charge < -0.3 is 16.0 Å². The Morgan fingerprint density at radius 2 is 1.74 bits per heavy atom. The summed E-state index contributed by atoms with van der Waals surface area (Å²) in [7, 11) is 0. The van der Waals surface area contributed by atoms with Crippen LogP contribution in [0, 0.1) is 0 Å². The molecule has 0 heterocycles. The van der Waals surface area contributed by atoms with E-state index in [2.05, 4.69) is 33.1 Å². The fraction of sp³-hybridized carbons (Fsp3) is 0.300. The van der Waals surface area contributed by atoms with E-state index in [0.717, 1.165) is 24.8 Å². The van der Waals surface area contributed by atoms with Gasteiger partial charge in [-0.3, -0.25) is 9.79 Å². The average molecular weight is 405 g/mol. The topological polar surface area (TPSA) is 65.5 Å². The Morgan fingerprint density at radius 3 is 2.48 bits per heavy atom. The first kappa shape index (κ1) is 21.1. The minimum atomic E-state index is -0.187. The second-order valence-corrected chi connectivity index (χ2v) is 7.16. The second-order valence-electron chi connectivity index (χ2n) is 5.58. The number of rotatable bonds is 9. The lowest BCUT2D eigenvalue weighted by Gasteiger charge is -2.11. The monoisotopic (exact) mass is 404 g/mol. The van der Waals surface area contributed by atoms with E-state index < -0.39 is 0 Å². The van der Waals surface area contributed by atoms with Gasteiger partial charge in [-0.1, -0.05) is 41.9 Å². The van der Waals surface area contributed by atoms with Crippen LogP contribution >= 0.6 is 23.4 Å². The van der Waals surface area contributed by atoms with Crippen molar-refractivity contribution in [2.45, 2.75) is 11.8 Å². The van der Waals surface area contributed by atoms with Crippen molar-refractivity contribution in [3.05, 3.63) is 65.2 Å². The maximum atomic E-state index is 12.1. The first-order valence-electron chi connectivity index (χ1n) is 8.93. The third-order valence-electron chi connectivity index (χ3n) is 3.54. The van der Waals surface area contributed by atoms with Gasteiger partial charge in [-0.15, -0.1) is 11.8 Å². The molecule has 144 valence electrons. The normalized spacial score (nSPS) is 11.1. The Balaban J connectivity index is 1.71. The number of nitrogens with one attached hydrogen (secondary N) is 3. The molecule has 0 bridgehead atoms. The van der Waals surface area contributed by atoms with Crippen molar-refractivity contribution in [2.75, 3.05) is 31.9 Å². The van der Waals surface area contributed by atoms with Crippen LogP contribution in [0.2, 0.25) is 5.02 Å². The minimum absolute atomic E-state index is 0.187. The van der Waals surface area contributed by atoms with Crippen LogP contribution in [0.25, 0.3) is 0 Å². The van der Waals surface area contributed by atoms with E-state index in [9.17, 15) is 4.79 Å². The summed E-state index contributed by atoms with van der Waals surface area (Å²) in [5.74, 6) is 1.50. The Morgan fingerprint density at radius 1 is 1.00 bits per heavy atom. The zero-order chi connectivity index (χ0) is 19.3. The van der Waals surface area contributed by atoms with Crippen molar-refractivity contribution in [2.24, 2.45) is 4.99 Å². The number of carbonyl (C=O) groups is 1. The van der Waals surface area contributed by atoms with E-state index in [-0.39, 0.29) is 5.91 Å². The fourth-order valence-electron chi connectivity index (χ4n) is 2.27. The molecular weight excluding hydrogens is 380 g/mol. The Hall–Kier alpha value is -2.18. The van der Waals surface area contributed by atoms with Gasteiger partial charge in [0.1, 0.15) is 0 Å². The van der Waals surface area contributed by atoms with Crippen molar-refractivity contribution in [3.8, 4) is 0 Å². The molecule has 0 aliphatic rings. The number of hydrogen-bond donors (Lipinski definition) is 3. The molecular formula is C20H25ClN4OS. The predicted octanol–water partition coefficient (Wildman–Crippen LogP) is 3.42. The van der Waals surface area contributed by atoms with Gasteiger partial charge in [-0.05, 0) is 31.2 Å². The summed E-state index contributed by atoms with van der Waals surface area (Å²) in [6.45, 7) is 4.53. The average Bonchev–Trinajstić information content (AvgIpc) is 2.69. The minimum Gasteiger partial charge on any atom is -0.357 e. The van der Waals surface area contributed by atoms with E-state index >= 15 is 0 Å². The predicted molar refractivity (Wildman–Crippen MR) is 115 cm³/mol. The summed E-state index contributed by atoms with van der Waals surface area (Å²) in [5.41, 5.74) is 0.478. The zero-order valence-corrected chi connectivity index (χ0v) is 16.9. The molecule has 0 radical (unpaired) electrons. The van der Waals surface area contributed by atoms with Gasteiger partial charge in [0.05, 0.1) is 17.1 Å². The van der Waals surface area contributed by atoms with Crippen LogP contribution in [0.5, 0.6) is 0 Å². The van der Waals surface area contributed by atoms with Gasteiger partial charge in [-0.25, -0.2) is 0 Å². The number of amides is 1. The molecule has 0 saturated carbocycles. The van der Waals surface area contributed by atoms with Crippen LogP contribution in [0.3, 0.4) is 0 Å². The Labute approximate surface area is 170 Å². The molecule has 2 rings (SSSR count). The lowest BCUT2D eigenvalue weighted by Crippen LogP contribution is -2.39. The summed E-state index contributed by atoms with van der Waals surface area (Å²) in [5, 5.41) is 9.79. The number of aliphatic imine (C=N–C) groups is 1. The van der Waals surface area contributed by atoms with E-state index in [1.54, 1.807) is 36.0 Å². The zero-order valence-electron chi connectivity index (χ0n) is 15.4. The van der Waals surface area contributed by atoms with Crippen molar-refractivity contribution < 1.29 is 4.79 Å². The molecule has 5 nitrogen and oxygen atoms in total. The SMILES string of the molecule is CCNC(=NCCNC(=O)c1ccccc1Cl)NCCSc1ccccc1. The number of nitrogens with zero attached hydrogens (tertiary/aromatic N) is 1. The lowest BCUT2D eigenvalue weighted by molar-refractivity contribution is 0.0955. The van der Waals surface area contributed by atoms with Crippen LogP contribution in [-0.4, -0.2) is 43.8 Å². The first-order valence-corrected chi connectivity index (χ1v) is 10.3. The third-order valence-corrected chi connectivity index (χ3v) is 4.88. The van der Waals surface area contributed by atoms with Crippen LogP contribution in [-0.2, 0) is 0 Å². The van der Waals surface area contributed by atoms with Gasteiger partial charge in [-0.2, -0.15) is 0 Å². The highest BCUT2D eigenvalue weighted by Crippen LogP contribution is 2.15. The number of carbonyl (C=O) groups excluding carboxylic acids is 1. The molecule has 0 aromatic heterocycles. The van der Waals surface area contributed by atoms with Gasteiger partial charge in [0, 0.05) is 30.3 Å². The molecule has 7 heteroatoms. The summed E-state index contributed by atoms with van der Waals surface area (Å²) < 4.78 is 0. The number of hydrogen-bond acceptors (Lipinski definition) is 3. The van der Waals surface area contributed by atoms with Crippen molar-refractivity contribution in [1.82, 2.24) is 16.0 Å². The highest BCUT2D eigenvalue weighted by molar-refractivity contribution is 7.99. The van der Waals surface area contributed by atoms with E-state index in [1.807, 2.05) is 25.1 Å². The van der Waals surface area contributed by atoms with Crippen molar-refractivity contribution >= 4 is 35.2 Å². The van der Waals surface area contributed by atoms with Crippen molar-refractivity contribution in [1.29, 1.82) is 0 Å². The Kier molecular flexibility index (Phi) is 9.58. The second kappa shape index (κ2) is 12.3. The van der Waals surface area contributed by atoms with Gasteiger partial charge in [0.25, 0.3) is 5.91 Å². The highest BCUT2D eigenvalue weighted by Gasteiger charge is 2.08. The molecule has 1 amide bonds. The molecule has 0 spiro atoms. The van der Waals surface area contributed by atoms with Gasteiger partial charge >= 0.3 is 0 Å². The summed E-state index contributed by atoms with van der Waals surface area (Å²) in [4.78, 5) is 17.8. The molecule has 0 aliphatic carbocycles. The number of guanidine groups is 1. The van der Waals surface area contributed by atoms with Gasteiger partial charge in [0.15, 0.2) is 5.96 Å². The largest absolute Gasteiger partial charge is 0.357 e. The van der Waals surface area contributed by atoms with Crippen LogP contribution < -0.4 is 16.0 Å². The maximum Gasteiger partial charge on any atom is 0.252 e. The smallest absolute Gasteiger partial charge is 0.252 e. The highest BCUT2D eigenvalue weighted by atomic mass is 35.5. The molecule has 2 aromatic rings. The van der Waals surface area contributed by atoms with E-state index in [4.69, 9.17) is 11.6 Å². The summed E-state index contributed by atoms with van der Waals surface area (Å²) in [6, 6.07) is 17.3. The molecule has 0 aliphatic heterocycles. The molecule has 0 atom stereocenters. The van der Waals surface area contributed by atoms with Crippen LogP contribution in [0.1, 0.15) is 17.3 Å². The van der Waals surface area contributed by atoms with E-state index in [1.165, 1.54) is 4.90 Å². The molecule has 2 aromatic carbocycles. The van der Waals surface area contributed by atoms with Crippen LogP contribution in [0.15, 0.2) is 64.5 Å². The lowest BCUT2D eigenvalue weighted by atomic mass is 10.2.